The third kappa shape index (κ3) is 5.52. The Morgan fingerprint density at radius 2 is 2.00 bits per heavy atom. The van der Waals surface area contributed by atoms with E-state index in [2.05, 4.69) is 15.4 Å². The van der Waals surface area contributed by atoms with Gasteiger partial charge in [0.2, 0.25) is 5.91 Å². The Balaban J connectivity index is 1.69. The van der Waals surface area contributed by atoms with Crippen LogP contribution in [-0.2, 0) is 16.0 Å². The number of nitrogens with zero attached hydrogens (tertiary/aromatic N) is 3. The smallest absolute Gasteiger partial charge is 0.270 e. The van der Waals surface area contributed by atoms with Crippen LogP contribution in [0.2, 0.25) is 0 Å². The highest BCUT2D eigenvalue weighted by Crippen LogP contribution is 2.25. The number of nitrogens with one attached hydrogen (secondary N) is 1. The van der Waals surface area contributed by atoms with Gasteiger partial charge in [0.15, 0.2) is 0 Å². The summed E-state index contributed by atoms with van der Waals surface area (Å²) in [5, 5.41) is 15.1. The zero-order chi connectivity index (χ0) is 20.6. The highest BCUT2D eigenvalue weighted by molar-refractivity contribution is 5.90. The molecule has 9 heteroatoms. The molecule has 0 unspecified atom stereocenters. The number of carbonyl (C=O) groups is 1. The number of hydrazone groups is 1. The number of anilines is 1. The second kappa shape index (κ2) is 9.65. The largest absolute Gasteiger partial charge is 0.497 e. The fourth-order valence-electron chi connectivity index (χ4n) is 2.99. The average Bonchev–Trinajstić information content (AvgIpc) is 2.75. The number of amides is 1. The Kier molecular flexibility index (Phi) is 6.75. The van der Waals surface area contributed by atoms with Gasteiger partial charge in [-0.1, -0.05) is 12.1 Å². The first-order valence-corrected chi connectivity index (χ1v) is 9.13. The first-order valence-electron chi connectivity index (χ1n) is 9.13. The number of nitro groups is 1. The predicted molar refractivity (Wildman–Crippen MR) is 109 cm³/mol. The van der Waals surface area contributed by atoms with Crippen molar-refractivity contribution in [3.05, 3.63) is 63.7 Å². The van der Waals surface area contributed by atoms with Crippen molar-refractivity contribution in [1.82, 2.24) is 5.43 Å². The van der Waals surface area contributed by atoms with Crippen LogP contribution < -0.4 is 15.1 Å². The van der Waals surface area contributed by atoms with Crippen LogP contribution in [0.5, 0.6) is 5.75 Å². The SMILES string of the molecule is COc1ccc(CC(=O)N/N=C\c2cc([N+](=O)[O-])ccc2N2CCOCC2)cc1. The van der Waals surface area contributed by atoms with Gasteiger partial charge < -0.3 is 14.4 Å². The fraction of sp³-hybridized carbons (Fsp3) is 0.300. The van der Waals surface area contributed by atoms with Crippen molar-refractivity contribution >= 4 is 23.5 Å². The molecule has 152 valence electrons. The maximum atomic E-state index is 12.1. The number of methoxy groups -OCH3 is 1. The molecule has 1 aliphatic rings. The molecule has 0 saturated carbocycles. The van der Waals surface area contributed by atoms with Gasteiger partial charge in [0.05, 0.1) is 37.9 Å². The van der Waals surface area contributed by atoms with E-state index in [1.807, 2.05) is 0 Å². The number of benzene rings is 2. The zero-order valence-electron chi connectivity index (χ0n) is 16.0. The van der Waals surface area contributed by atoms with E-state index >= 15 is 0 Å². The number of hydrogen-bond donors (Lipinski definition) is 1. The van der Waals surface area contributed by atoms with Crippen LogP contribution in [0.25, 0.3) is 0 Å². The van der Waals surface area contributed by atoms with Gasteiger partial charge in [0.25, 0.3) is 5.69 Å². The lowest BCUT2D eigenvalue weighted by molar-refractivity contribution is -0.384. The van der Waals surface area contributed by atoms with E-state index in [0.29, 0.717) is 37.6 Å². The van der Waals surface area contributed by atoms with E-state index in [1.165, 1.54) is 18.3 Å². The van der Waals surface area contributed by atoms with Crippen LogP contribution in [0.15, 0.2) is 47.6 Å². The molecule has 1 heterocycles. The van der Waals surface area contributed by atoms with E-state index in [0.717, 1.165) is 11.3 Å². The van der Waals surface area contributed by atoms with Gasteiger partial charge in [0.1, 0.15) is 5.75 Å². The number of nitro benzene ring substituents is 1. The number of hydrogen-bond acceptors (Lipinski definition) is 7. The first-order chi connectivity index (χ1) is 14.1. The number of non-ortho nitro benzene ring substituents is 1. The molecule has 0 bridgehead atoms. The Morgan fingerprint density at radius 1 is 1.28 bits per heavy atom. The van der Waals surface area contributed by atoms with Crippen molar-refractivity contribution < 1.29 is 19.2 Å². The molecule has 2 aromatic rings. The summed E-state index contributed by atoms with van der Waals surface area (Å²) in [7, 11) is 1.58. The molecule has 1 saturated heterocycles. The summed E-state index contributed by atoms with van der Waals surface area (Å²) in [4.78, 5) is 24.9. The Labute approximate surface area is 168 Å². The molecule has 29 heavy (non-hydrogen) atoms. The number of ether oxygens (including phenoxy) is 2. The summed E-state index contributed by atoms with van der Waals surface area (Å²) in [6, 6.07) is 11.8. The van der Waals surface area contributed by atoms with Crippen molar-refractivity contribution in [2.75, 3.05) is 38.3 Å². The Hall–Kier alpha value is -3.46. The van der Waals surface area contributed by atoms with E-state index in [1.54, 1.807) is 37.4 Å². The quantitative estimate of drug-likeness (QED) is 0.435. The molecule has 9 nitrogen and oxygen atoms in total. The van der Waals surface area contributed by atoms with Gasteiger partial charge in [-0.05, 0) is 23.8 Å². The summed E-state index contributed by atoms with van der Waals surface area (Å²) in [6.45, 7) is 2.54. The molecule has 1 amide bonds. The predicted octanol–water partition coefficient (Wildman–Crippen LogP) is 2.13. The van der Waals surface area contributed by atoms with Crippen LogP contribution in [-0.4, -0.2) is 50.5 Å². The van der Waals surface area contributed by atoms with Gasteiger partial charge in [0, 0.05) is 36.5 Å². The van der Waals surface area contributed by atoms with E-state index in [-0.39, 0.29) is 18.0 Å². The van der Waals surface area contributed by atoms with E-state index in [9.17, 15) is 14.9 Å². The molecule has 0 aromatic heterocycles. The van der Waals surface area contributed by atoms with Crippen LogP contribution in [0, 0.1) is 10.1 Å². The Morgan fingerprint density at radius 3 is 2.66 bits per heavy atom. The third-order valence-corrected chi connectivity index (χ3v) is 4.49. The molecule has 0 aliphatic carbocycles. The van der Waals surface area contributed by atoms with Gasteiger partial charge in [-0.3, -0.25) is 14.9 Å². The fourth-order valence-corrected chi connectivity index (χ4v) is 2.99. The molecular formula is C20H22N4O5. The minimum Gasteiger partial charge on any atom is -0.497 e. The van der Waals surface area contributed by atoms with Crippen LogP contribution in [0.1, 0.15) is 11.1 Å². The molecule has 0 spiro atoms. The summed E-state index contributed by atoms with van der Waals surface area (Å²) in [5.74, 6) is 0.429. The van der Waals surface area contributed by atoms with Crippen LogP contribution in [0.4, 0.5) is 11.4 Å². The van der Waals surface area contributed by atoms with E-state index < -0.39 is 4.92 Å². The van der Waals surface area contributed by atoms with Crippen molar-refractivity contribution in [1.29, 1.82) is 0 Å². The van der Waals surface area contributed by atoms with Gasteiger partial charge in [-0.25, -0.2) is 5.43 Å². The number of rotatable bonds is 7. The molecule has 0 atom stereocenters. The van der Waals surface area contributed by atoms with Gasteiger partial charge >= 0.3 is 0 Å². The number of morpholine rings is 1. The molecule has 1 N–H and O–H groups in total. The minimum atomic E-state index is -0.456. The van der Waals surface area contributed by atoms with Gasteiger partial charge in [-0.15, -0.1) is 0 Å². The summed E-state index contributed by atoms with van der Waals surface area (Å²) in [6.07, 6.45) is 1.59. The van der Waals surface area contributed by atoms with Crippen LogP contribution in [0.3, 0.4) is 0 Å². The molecule has 2 aromatic carbocycles. The first kappa shape index (κ1) is 20.3. The standard InChI is InChI=1S/C20H22N4O5/c1-28-18-5-2-15(3-6-18)12-20(25)22-21-14-16-13-17(24(26)27)4-7-19(16)23-8-10-29-11-9-23/h2-7,13-14H,8-12H2,1H3,(H,22,25)/b21-14-. The zero-order valence-corrected chi connectivity index (χ0v) is 16.0. The maximum Gasteiger partial charge on any atom is 0.270 e. The average molecular weight is 398 g/mol. The molecule has 1 aliphatic heterocycles. The normalized spacial score (nSPS) is 14.0. The summed E-state index contributed by atoms with van der Waals surface area (Å²) in [5.41, 5.74) is 4.63. The molecule has 1 fully saturated rings. The van der Waals surface area contributed by atoms with Crippen molar-refractivity contribution in [3.8, 4) is 5.75 Å². The van der Waals surface area contributed by atoms with Crippen molar-refractivity contribution in [2.24, 2.45) is 5.10 Å². The lowest BCUT2D eigenvalue weighted by atomic mass is 10.1. The lowest BCUT2D eigenvalue weighted by Gasteiger charge is -2.29. The molecule has 3 rings (SSSR count). The maximum absolute atomic E-state index is 12.1. The lowest BCUT2D eigenvalue weighted by Crippen LogP contribution is -2.36. The highest BCUT2D eigenvalue weighted by Gasteiger charge is 2.17. The Bertz CT molecular complexity index is 892. The van der Waals surface area contributed by atoms with E-state index in [4.69, 9.17) is 9.47 Å². The van der Waals surface area contributed by atoms with Crippen molar-refractivity contribution in [3.63, 3.8) is 0 Å². The van der Waals surface area contributed by atoms with Crippen molar-refractivity contribution in [2.45, 2.75) is 6.42 Å². The molecule has 0 radical (unpaired) electrons. The summed E-state index contributed by atoms with van der Waals surface area (Å²) >= 11 is 0. The highest BCUT2D eigenvalue weighted by atomic mass is 16.6. The third-order valence-electron chi connectivity index (χ3n) is 4.49. The molecular weight excluding hydrogens is 376 g/mol. The summed E-state index contributed by atoms with van der Waals surface area (Å²) < 4.78 is 10.5. The second-order valence-corrected chi connectivity index (χ2v) is 6.42. The monoisotopic (exact) mass is 398 g/mol. The van der Waals surface area contributed by atoms with Gasteiger partial charge in [-0.2, -0.15) is 5.10 Å². The number of carbonyl (C=O) groups excluding carboxylic acids is 1. The topological polar surface area (TPSA) is 106 Å². The second-order valence-electron chi connectivity index (χ2n) is 6.42. The van der Waals surface area contributed by atoms with Crippen LogP contribution >= 0.6 is 0 Å². The minimum absolute atomic E-state index is 0.0342.